The Kier molecular flexibility index (Phi) is 4.18. The molecule has 1 aromatic carbocycles. The van der Waals surface area contributed by atoms with Crippen molar-refractivity contribution < 1.29 is 18.1 Å². The summed E-state index contributed by atoms with van der Waals surface area (Å²) >= 11 is 0. The van der Waals surface area contributed by atoms with Crippen molar-refractivity contribution in [2.24, 2.45) is 16.7 Å². The van der Waals surface area contributed by atoms with E-state index in [0.717, 1.165) is 6.42 Å². The highest BCUT2D eigenvalue weighted by atomic mass is 32.2. The molecule has 8 heteroatoms. The second-order valence-corrected chi connectivity index (χ2v) is 9.98. The molecule has 2 atom stereocenters. The molecule has 0 aromatic heterocycles. The number of Topliss-reactive ketones (excluding diaryl/α,β-unsaturated/α-hetero) is 1. The van der Waals surface area contributed by atoms with Crippen molar-refractivity contribution in [3.05, 3.63) is 33.4 Å². The Morgan fingerprint density at radius 2 is 1.96 bits per heavy atom. The number of carbonyl (C=O) groups is 1. The molecule has 0 heterocycles. The van der Waals surface area contributed by atoms with Gasteiger partial charge in [0.1, 0.15) is 11.5 Å². The second-order valence-electron chi connectivity index (χ2n) is 8.26. The zero-order valence-electron chi connectivity index (χ0n) is 15.5. The molecule has 26 heavy (non-hydrogen) atoms. The lowest BCUT2D eigenvalue weighted by molar-refractivity contribution is -0.384. The molecule has 1 N–H and O–H groups in total. The maximum Gasteiger partial charge on any atom is 0.293 e. The minimum atomic E-state index is -3.93. The molecule has 0 amide bonds. The normalized spacial score (nSPS) is 26.9. The van der Waals surface area contributed by atoms with Gasteiger partial charge >= 0.3 is 0 Å². The van der Waals surface area contributed by atoms with Gasteiger partial charge in [-0.05, 0) is 49.1 Å². The first-order valence-corrected chi connectivity index (χ1v) is 10.3. The van der Waals surface area contributed by atoms with Crippen LogP contribution in [0.2, 0.25) is 0 Å². The van der Waals surface area contributed by atoms with Crippen LogP contribution in [0.3, 0.4) is 0 Å². The van der Waals surface area contributed by atoms with Gasteiger partial charge in [-0.15, -0.1) is 0 Å². The number of ketones is 1. The summed E-state index contributed by atoms with van der Waals surface area (Å²) in [5, 5.41) is 11.4. The maximum atomic E-state index is 12.9. The van der Waals surface area contributed by atoms with Crippen LogP contribution in [0.15, 0.2) is 12.1 Å². The van der Waals surface area contributed by atoms with Crippen LogP contribution in [-0.4, -0.2) is 24.9 Å². The zero-order chi connectivity index (χ0) is 19.5. The van der Waals surface area contributed by atoms with Crippen LogP contribution in [-0.2, 0) is 14.8 Å². The molecule has 142 valence electrons. The molecule has 2 aliphatic carbocycles. The van der Waals surface area contributed by atoms with Gasteiger partial charge in [-0.25, -0.2) is 8.42 Å². The summed E-state index contributed by atoms with van der Waals surface area (Å²) in [4.78, 5) is 23.4. The van der Waals surface area contributed by atoms with E-state index in [9.17, 15) is 23.3 Å². The Balaban J connectivity index is 1.97. The highest BCUT2D eigenvalue weighted by molar-refractivity contribution is 7.92. The number of sulfonamides is 1. The quantitative estimate of drug-likeness (QED) is 0.623. The van der Waals surface area contributed by atoms with Crippen LogP contribution in [0, 0.1) is 40.7 Å². The topological polar surface area (TPSA) is 106 Å². The minimum absolute atomic E-state index is 0.000692. The first-order valence-electron chi connectivity index (χ1n) is 8.69. The fraction of sp³-hybridized carbons (Fsp3) is 0.611. The van der Waals surface area contributed by atoms with Crippen LogP contribution in [0.1, 0.15) is 44.2 Å². The highest BCUT2D eigenvalue weighted by Gasteiger charge is 2.65. The zero-order valence-corrected chi connectivity index (χ0v) is 16.3. The third-order valence-corrected chi connectivity index (χ3v) is 7.88. The average Bonchev–Trinajstić information content (AvgIpc) is 2.83. The summed E-state index contributed by atoms with van der Waals surface area (Å²) in [5.41, 5.74) is -0.413. The highest BCUT2D eigenvalue weighted by Crippen LogP contribution is 2.64. The van der Waals surface area contributed by atoms with Gasteiger partial charge in [0, 0.05) is 12.5 Å². The largest absolute Gasteiger partial charge is 0.299 e. The van der Waals surface area contributed by atoms with E-state index < -0.39 is 20.4 Å². The van der Waals surface area contributed by atoms with E-state index in [2.05, 4.69) is 4.72 Å². The summed E-state index contributed by atoms with van der Waals surface area (Å²) < 4.78 is 28.2. The summed E-state index contributed by atoms with van der Waals surface area (Å²) in [6, 6.07) is 3.04. The number of nitrogens with zero attached hydrogens (tertiary/aromatic N) is 1. The average molecular weight is 380 g/mol. The van der Waals surface area contributed by atoms with Gasteiger partial charge in [0.25, 0.3) is 5.69 Å². The van der Waals surface area contributed by atoms with Gasteiger partial charge in [-0.1, -0.05) is 19.9 Å². The summed E-state index contributed by atoms with van der Waals surface area (Å²) in [7, 11) is -3.93. The van der Waals surface area contributed by atoms with E-state index in [1.807, 2.05) is 13.8 Å². The molecule has 2 saturated carbocycles. The number of carbonyl (C=O) groups excluding carboxylic acids is 1. The van der Waals surface area contributed by atoms with Crippen molar-refractivity contribution >= 4 is 27.2 Å². The summed E-state index contributed by atoms with van der Waals surface area (Å²) in [5.74, 6) is -0.118. The van der Waals surface area contributed by atoms with Crippen LogP contribution in [0.25, 0.3) is 0 Å². The molecule has 3 rings (SSSR count). The number of benzene rings is 1. The van der Waals surface area contributed by atoms with E-state index in [-0.39, 0.29) is 34.2 Å². The standard InChI is InChI=1S/C18H24N2O5S/c1-11-7-12(2)16(14(8-11)20(22)23)19-26(24,25)10-18-6-5-13(9-15(18)21)17(18,3)4/h7-8,13,19H,5-6,9-10H2,1-4H3/t13-,18+/m0/s1. The monoisotopic (exact) mass is 380 g/mol. The van der Waals surface area contributed by atoms with Gasteiger partial charge in [0.2, 0.25) is 10.0 Å². The van der Waals surface area contributed by atoms with Crippen molar-refractivity contribution in [2.75, 3.05) is 10.5 Å². The fourth-order valence-corrected chi connectivity index (χ4v) is 6.82. The SMILES string of the molecule is Cc1cc(C)c(NS(=O)(=O)C[C@]23CC[C@@H](CC2=O)C3(C)C)c([N+](=O)[O-])c1. The number of hydrogen-bond acceptors (Lipinski definition) is 5. The smallest absolute Gasteiger partial charge is 0.293 e. The molecule has 2 aliphatic rings. The van der Waals surface area contributed by atoms with E-state index in [1.54, 1.807) is 19.9 Å². The Hall–Kier alpha value is -1.96. The van der Waals surface area contributed by atoms with E-state index >= 15 is 0 Å². The van der Waals surface area contributed by atoms with Crippen molar-refractivity contribution in [1.82, 2.24) is 0 Å². The molecule has 2 fully saturated rings. The van der Waals surface area contributed by atoms with Crippen LogP contribution in [0.4, 0.5) is 11.4 Å². The lowest BCUT2D eigenvalue weighted by Crippen LogP contribution is -2.43. The number of fused-ring (bicyclic) bond motifs is 2. The lowest BCUT2D eigenvalue weighted by Gasteiger charge is -2.36. The molecule has 0 radical (unpaired) electrons. The summed E-state index contributed by atoms with van der Waals surface area (Å²) in [6.45, 7) is 7.28. The van der Waals surface area contributed by atoms with Gasteiger partial charge in [-0.3, -0.25) is 19.6 Å². The second kappa shape index (κ2) is 5.77. The van der Waals surface area contributed by atoms with Crippen LogP contribution >= 0.6 is 0 Å². The molecule has 0 aliphatic heterocycles. The first kappa shape index (κ1) is 18.8. The Morgan fingerprint density at radius 1 is 1.31 bits per heavy atom. The fourth-order valence-electron chi connectivity index (χ4n) is 4.85. The maximum absolute atomic E-state index is 12.9. The third kappa shape index (κ3) is 2.71. The lowest BCUT2D eigenvalue weighted by atomic mass is 9.70. The number of hydrogen-bond donors (Lipinski definition) is 1. The molecule has 2 bridgehead atoms. The van der Waals surface area contributed by atoms with E-state index in [1.165, 1.54) is 6.07 Å². The van der Waals surface area contributed by atoms with Crippen LogP contribution in [0.5, 0.6) is 0 Å². The van der Waals surface area contributed by atoms with Crippen molar-refractivity contribution in [3.63, 3.8) is 0 Å². The van der Waals surface area contributed by atoms with E-state index in [4.69, 9.17) is 0 Å². The predicted octanol–water partition coefficient (Wildman–Crippen LogP) is 3.35. The molecule has 0 unspecified atom stereocenters. The predicted molar refractivity (Wildman–Crippen MR) is 98.5 cm³/mol. The van der Waals surface area contributed by atoms with Gasteiger partial charge in [0.05, 0.1) is 16.1 Å². The third-order valence-electron chi connectivity index (χ3n) is 6.49. The number of anilines is 1. The molecule has 7 nitrogen and oxygen atoms in total. The molecule has 0 spiro atoms. The molecular formula is C18H24N2O5S. The minimum Gasteiger partial charge on any atom is -0.299 e. The van der Waals surface area contributed by atoms with Crippen LogP contribution < -0.4 is 4.72 Å². The number of nitro benzene ring substituents is 1. The van der Waals surface area contributed by atoms with Crippen molar-refractivity contribution in [1.29, 1.82) is 0 Å². The number of nitrogens with one attached hydrogen (secondary N) is 1. The Bertz CT molecular complexity index is 906. The van der Waals surface area contributed by atoms with Gasteiger partial charge < -0.3 is 0 Å². The number of rotatable bonds is 5. The Labute approximate surface area is 153 Å². The Morgan fingerprint density at radius 3 is 2.46 bits per heavy atom. The number of aryl methyl sites for hydroxylation is 2. The van der Waals surface area contributed by atoms with Gasteiger partial charge in [-0.2, -0.15) is 0 Å². The number of nitro groups is 1. The van der Waals surface area contributed by atoms with Gasteiger partial charge in [0.15, 0.2) is 0 Å². The molecular weight excluding hydrogens is 356 g/mol. The summed E-state index contributed by atoms with van der Waals surface area (Å²) in [6.07, 6.45) is 1.82. The van der Waals surface area contributed by atoms with Crippen molar-refractivity contribution in [3.8, 4) is 0 Å². The first-order chi connectivity index (χ1) is 11.9. The molecule has 0 saturated heterocycles. The van der Waals surface area contributed by atoms with E-state index in [0.29, 0.717) is 24.0 Å². The van der Waals surface area contributed by atoms with Crippen molar-refractivity contribution in [2.45, 2.75) is 47.0 Å². The molecule has 1 aromatic rings.